The van der Waals surface area contributed by atoms with Crippen LogP contribution in [-0.2, 0) is 17.9 Å². The van der Waals surface area contributed by atoms with Crippen molar-refractivity contribution in [1.82, 2.24) is 24.5 Å². The Labute approximate surface area is 206 Å². The molecule has 0 spiro atoms. The molecule has 0 atom stereocenters. The molecular formula is C26H22ClFN6O. The molecule has 0 aliphatic carbocycles. The molecule has 5 rings (SSSR count). The normalized spacial score (nSPS) is 11.2. The number of carbonyl (C=O) groups excluding carboxylic acids is 1. The first kappa shape index (κ1) is 22.7. The van der Waals surface area contributed by atoms with Crippen LogP contribution < -0.4 is 5.32 Å². The van der Waals surface area contributed by atoms with Crippen molar-refractivity contribution in [3.05, 3.63) is 94.7 Å². The first-order valence-corrected chi connectivity index (χ1v) is 11.4. The summed E-state index contributed by atoms with van der Waals surface area (Å²) in [6.07, 6.45) is 1.72. The molecule has 0 aliphatic rings. The number of anilines is 1. The summed E-state index contributed by atoms with van der Waals surface area (Å²) in [6.45, 7) is 3.86. The number of rotatable bonds is 6. The van der Waals surface area contributed by atoms with E-state index in [0.717, 1.165) is 27.9 Å². The monoisotopic (exact) mass is 488 g/mol. The number of nitrogens with zero attached hydrogens (tertiary/aromatic N) is 5. The molecule has 9 heteroatoms. The van der Waals surface area contributed by atoms with Gasteiger partial charge in [-0.05, 0) is 43.2 Å². The van der Waals surface area contributed by atoms with Gasteiger partial charge in [-0.2, -0.15) is 10.2 Å². The first-order chi connectivity index (χ1) is 16.9. The molecule has 176 valence electrons. The number of fused-ring (bicyclic) bond motifs is 1. The van der Waals surface area contributed by atoms with E-state index in [1.165, 1.54) is 6.07 Å². The number of pyridine rings is 1. The Morgan fingerprint density at radius 2 is 1.83 bits per heavy atom. The third-order valence-corrected chi connectivity index (χ3v) is 6.16. The quantitative estimate of drug-likeness (QED) is 0.347. The Hall–Kier alpha value is -4.04. The van der Waals surface area contributed by atoms with Crippen molar-refractivity contribution < 1.29 is 9.18 Å². The molecule has 2 aromatic carbocycles. The maximum atomic E-state index is 14.2. The van der Waals surface area contributed by atoms with Crippen molar-refractivity contribution in [2.24, 2.45) is 0 Å². The highest BCUT2D eigenvalue weighted by molar-refractivity contribution is 6.31. The molecule has 0 bridgehead atoms. The van der Waals surface area contributed by atoms with Gasteiger partial charge < -0.3 is 5.32 Å². The second-order valence-electron chi connectivity index (χ2n) is 8.24. The molecule has 0 unspecified atom stereocenters. The van der Waals surface area contributed by atoms with Crippen LogP contribution >= 0.6 is 11.6 Å². The highest BCUT2D eigenvalue weighted by atomic mass is 35.5. The van der Waals surface area contributed by atoms with Crippen molar-refractivity contribution in [3.8, 4) is 11.1 Å². The second kappa shape index (κ2) is 9.31. The van der Waals surface area contributed by atoms with Gasteiger partial charge in [-0.15, -0.1) is 0 Å². The summed E-state index contributed by atoms with van der Waals surface area (Å²) in [5, 5.41) is 13.0. The van der Waals surface area contributed by atoms with Gasteiger partial charge in [-0.3, -0.25) is 9.48 Å². The number of benzene rings is 2. The molecule has 3 heterocycles. The molecule has 5 aromatic rings. The molecule has 1 amide bonds. The summed E-state index contributed by atoms with van der Waals surface area (Å²) in [5.74, 6) is -0.331. The lowest BCUT2D eigenvalue weighted by molar-refractivity contribution is -0.116. The second-order valence-corrected chi connectivity index (χ2v) is 8.65. The smallest absolute Gasteiger partial charge is 0.247 e. The van der Waals surface area contributed by atoms with Gasteiger partial charge in [0.15, 0.2) is 11.5 Å². The summed E-state index contributed by atoms with van der Waals surface area (Å²) in [5.41, 5.74) is 4.60. The number of halogens is 2. The van der Waals surface area contributed by atoms with Gasteiger partial charge in [0.1, 0.15) is 12.4 Å². The fourth-order valence-electron chi connectivity index (χ4n) is 4.13. The van der Waals surface area contributed by atoms with E-state index in [2.05, 4.69) is 20.5 Å². The topological polar surface area (TPSA) is 77.6 Å². The van der Waals surface area contributed by atoms with E-state index in [9.17, 15) is 9.18 Å². The lowest BCUT2D eigenvalue weighted by atomic mass is 10.0. The summed E-state index contributed by atoms with van der Waals surface area (Å²) in [6, 6.07) is 18.2. The van der Waals surface area contributed by atoms with E-state index in [1.54, 1.807) is 33.8 Å². The minimum atomic E-state index is -0.402. The molecule has 1 N–H and O–H groups in total. The van der Waals surface area contributed by atoms with Crippen LogP contribution in [0.15, 0.2) is 66.9 Å². The summed E-state index contributed by atoms with van der Waals surface area (Å²) in [7, 11) is 0. The van der Waals surface area contributed by atoms with Crippen molar-refractivity contribution in [3.63, 3.8) is 0 Å². The molecule has 7 nitrogen and oxygen atoms in total. The van der Waals surface area contributed by atoms with Gasteiger partial charge in [-0.25, -0.2) is 14.1 Å². The van der Waals surface area contributed by atoms with Crippen LogP contribution in [0.5, 0.6) is 0 Å². The molecule has 0 saturated carbocycles. The third-order valence-electron chi connectivity index (χ3n) is 5.80. The Bertz CT molecular complexity index is 1520. The molecule has 35 heavy (non-hydrogen) atoms. The minimum Gasteiger partial charge on any atom is -0.308 e. The highest BCUT2D eigenvalue weighted by Gasteiger charge is 2.17. The van der Waals surface area contributed by atoms with E-state index >= 15 is 0 Å². The van der Waals surface area contributed by atoms with Crippen LogP contribution in [-0.4, -0.2) is 30.5 Å². The lowest BCUT2D eigenvalue weighted by Crippen LogP contribution is -2.20. The van der Waals surface area contributed by atoms with Crippen LogP contribution in [0.2, 0.25) is 5.02 Å². The fourth-order valence-corrected chi connectivity index (χ4v) is 4.36. The minimum absolute atomic E-state index is 0.0272. The SMILES string of the molecule is Cc1nn(CC(=O)Nc2cc(C)n(Cc3c(F)cccc3Cl)n2)c2nccc(-c3ccccc3)c12. The standard InChI is InChI=1S/C26H22ClFN6O/c1-16-13-23(32-33(16)14-20-21(27)9-6-10-22(20)28)30-24(35)15-34-26-25(17(2)31-34)19(11-12-29-26)18-7-4-3-5-8-18/h3-13H,14-15H2,1-2H3,(H,30,32,35). The highest BCUT2D eigenvalue weighted by Crippen LogP contribution is 2.29. The number of aryl methyl sites for hydroxylation is 2. The third kappa shape index (κ3) is 4.52. The van der Waals surface area contributed by atoms with Crippen LogP contribution in [0.25, 0.3) is 22.2 Å². The van der Waals surface area contributed by atoms with Crippen molar-refractivity contribution >= 4 is 34.4 Å². The lowest BCUT2D eigenvalue weighted by Gasteiger charge is -2.08. The van der Waals surface area contributed by atoms with Crippen LogP contribution in [0, 0.1) is 19.7 Å². The number of aromatic nitrogens is 5. The molecule has 0 fully saturated rings. The molecule has 0 radical (unpaired) electrons. The van der Waals surface area contributed by atoms with E-state index < -0.39 is 5.82 Å². The maximum absolute atomic E-state index is 14.2. The van der Waals surface area contributed by atoms with Gasteiger partial charge >= 0.3 is 0 Å². The molecular weight excluding hydrogens is 467 g/mol. The summed E-state index contributed by atoms with van der Waals surface area (Å²) in [4.78, 5) is 17.3. The zero-order valence-electron chi connectivity index (χ0n) is 19.2. The Morgan fingerprint density at radius 1 is 1.03 bits per heavy atom. The van der Waals surface area contributed by atoms with E-state index in [4.69, 9.17) is 11.6 Å². The van der Waals surface area contributed by atoms with Gasteiger partial charge in [0, 0.05) is 33.9 Å². The molecule has 3 aromatic heterocycles. The number of hydrogen-bond acceptors (Lipinski definition) is 4. The van der Waals surface area contributed by atoms with Crippen LogP contribution in [0.1, 0.15) is 17.0 Å². The summed E-state index contributed by atoms with van der Waals surface area (Å²) < 4.78 is 17.4. The van der Waals surface area contributed by atoms with Crippen LogP contribution in [0.3, 0.4) is 0 Å². The Balaban J connectivity index is 1.36. The van der Waals surface area contributed by atoms with E-state index in [0.29, 0.717) is 22.1 Å². The molecule has 0 saturated heterocycles. The fraction of sp³-hybridized carbons (Fsp3) is 0.154. The predicted molar refractivity (Wildman–Crippen MR) is 134 cm³/mol. The van der Waals surface area contributed by atoms with Gasteiger partial charge in [0.25, 0.3) is 0 Å². The van der Waals surface area contributed by atoms with Crippen molar-refractivity contribution in [1.29, 1.82) is 0 Å². The van der Waals surface area contributed by atoms with Gasteiger partial charge in [-0.1, -0.05) is 48.0 Å². The largest absolute Gasteiger partial charge is 0.308 e. The first-order valence-electron chi connectivity index (χ1n) is 11.1. The van der Waals surface area contributed by atoms with E-state index in [1.807, 2.05) is 50.2 Å². The number of hydrogen-bond donors (Lipinski definition) is 1. The zero-order chi connectivity index (χ0) is 24.5. The van der Waals surface area contributed by atoms with Gasteiger partial charge in [0.2, 0.25) is 5.91 Å². The van der Waals surface area contributed by atoms with E-state index in [-0.39, 0.29) is 19.0 Å². The average molecular weight is 489 g/mol. The predicted octanol–water partition coefficient (Wildman–Crippen LogP) is 5.39. The maximum Gasteiger partial charge on any atom is 0.247 e. The molecule has 0 aliphatic heterocycles. The number of nitrogens with one attached hydrogen (secondary N) is 1. The van der Waals surface area contributed by atoms with Crippen molar-refractivity contribution in [2.45, 2.75) is 26.9 Å². The van der Waals surface area contributed by atoms with Crippen molar-refractivity contribution in [2.75, 3.05) is 5.32 Å². The Kier molecular flexibility index (Phi) is 6.05. The van der Waals surface area contributed by atoms with Gasteiger partial charge in [0.05, 0.1) is 12.2 Å². The van der Waals surface area contributed by atoms with Crippen LogP contribution in [0.4, 0.5) is 10.2 Å². The summed E-state index contributed by atoms with van der Waals surface area (Å²) >= 11 is 6.15. The number of amides is 1. The zero-order valence-corrected chi connectivity index (χ0v) is 19.9. The average Bonchev–Trinajstić information content (AvgIpc) is 3.35. The number of carbonyl (C=O) groups is 1. The Morgan fingerprint density at radius 3 is 2.60 bits per heavy atom.